The van der Waals surface area contributed by atoms with Crippen LogP contribution < -0.4 is 14.8 Å². The minimum absolute atomic E-state index is 0.627. The van der Waals surface area contributed by atoms with Gasteiger partial charge in [0.15, 0.2) is 17.3 Å². The van der Waals surface area contributed by atoms with E-state index in [4.69, 9.17) is 19.4 Å². The summed E-state index contributed by atoms with van der Waals surface area (Å²) in [5.74, 6) is 2.76. The number of allylic oxidation sites excluding steroid dienone is 5. The van der Waals surface area contributed by atoms with E-state index in [0.29, 0.717) is 17.3 Å². The van der Waals surface area contributed by atoms with E-state index < -0.39 is 0 Å². The monoisotopic (exact) mass is 387 g/mol. The zero-order valence-electron chi connectivity index (χ0n) is 17.2. The third-order valence-corrected chi connectivity index (χ3v) is 4.59. The van der Waals surface area contributed by atoms with E-state index >= 15 is 0 Å². The van der Waals surface area contributed by atoms with Gasteiger partial charge in [-0.05, 0) is 30.7 Å². The van der Waals surface area contributed by atoms with Crippen LogP contribution in [0, 0.1) is 0 Å². The maximum Gasteiger partial charge on any atom is 0.168 e. The smallest absolute Gasteiger partial charge is 0.168 e. The number of para-hydroxylation sites is 1. The van der Waals surface area contributed by atoms with Crippen molar-refractivity contribution in [3.63, 3.8) is 0 Å². The third-order valence-electron chi connectivity index (χ3n) is 4.59. The Bertz CT molecular complexity index is 1100. The maximum atomic E-state index is 5.60. The molecule has 0 atom stereocenters. The molecule has 0 spiro atoms. The summed E-state index contributed by atoms with van der Waals surface area (Å²) >= 11 is 0. The molecule has 0 aliphatic heterocycles. The average Bonchev–Trinajstić information content (AvgIpc) is 2.77. The molecule has 2 aromatic carbocycles. The first-order valence-corrected chi connectivity index (χ1v) is 9.33. The fraction of sp³-hybridized carbons (Fsp3) is 0.167. The molecule has 3 rings (SSSR count). The van der Waals surface area contributed by atoms with Gasteiger partial charge in [0, 0.05) is 23.6 Å². The van der Waals surface area contributed by atoms with Crippen LogP contribution in [0.1, 0.15) is 12.7 Å². The van der Waals surface area contributed by atoms with Crippen molar-refractivity contribution in [1.29, 1.82) is 0 Å². The van der Waals surface area contributed by atoms with Crippen LogP contribution in [0.5, 0.6) is 11.5 Å². The average molecular weight is 387 g/mol. The van der Waals surface area contributed by atoms with E-state index in [-0.39, 0.29) is 0 Å². The number of anilines is 1. The Morgan fingerprint density at radius 1 is 1.10 bits per heavy atom. The van der Waals surface area contributed by atoms with E-state index in [2.05, 4.69) is 18.0 Å². The summed E-state index contributed by atoms with van der Waals surface area (Å²) in [6, 6.07) is 11.9. The number of nitrogens with one attached hydrogen (secondary N) is 1. The van der Waals surface area contributed by atoms with Gasteiger partial charge in [-0.25, -0.2) is 9.97 Å². The standard InChI is InChI=1S/C24H25N3O2/c1-6-8-10-16(7-2)23-26-20-14-13-17(15-19(20)24(25-3)27-23)18-11-9-12-21(28-4)22(18)29-5/h6-15H,2H2,1,3-5H3,(H,25,26,27)/b8-6-,16-10+. The number of hydrogen-bond acceptors (Lipinski definition) is 5. The summed E-state index contributed by atoms with van der Waals surface area (Å²) in [4.78, 5) is 9.44. The molecule has 0 amide bonds. The van der Waals surface area contributed by atoms with Gasteiger partial charge in [0.25, 0.3) is 0 Å². The molecule has 3 aromatic rings. The molecule has 0 fully saturated rings. The van der Waals surface area contributed by atoms with Crippen LogP contribution in [0.15, 0.2) is 67.3 Å². The molecule has 0 radical (unpaired) electrons. The molecule has 1 N–H and O–H groups in total. The quantitative estimate of drug-likeness (QED) is 0.542. The highest BCUT2D eigenvalue weighted by Crippen LogP contribution is 2.39. The number of aromatic nitrogens is 2. The molecule has 29 heavy (non-hydrogen) atoms. The Morgan fingerprint density at radius 2 is 1.93 bits per heavy atom. The van der Waals surface area contributed by atoms with E-state index in [9.17, 15) is 0 Å². The van der Waals surface area contributed by atoms with Gasteiger partial charge in [0.05, 0.1) is 19.7 Å². The van der Waals surface area contributed by atoms with Crippen LogP contribution in [-0.4, -0.2) is 31.2 Å². The molecule has 0 bridgehead atoms. The van der Waals surface area contributed by atoms with Crippen LogP contribution in [-0.2, 0) is 0 Å². The highest BCUT2D eigenvalue weighted by atomic mass is 16.5. The minimum atomic E-state index is 0.627. The van der Waals surface area contributed by atoms with Gasteiger partial charge in [-0.2, -0.15) is 0 Å². The second kappa shape index (κ2) is 9.06. The Balaban J connectivity index is 2.19. The maximum absolute atomic E-state index is 5.60. The molecule has 5 nitrogen and oxygen atoms in total. The van der Waals surface area contributed by atoms with Crippen molar-refractivity contribution < 1.29 is 9.47 Å². The molecule has 0 aliphatic carbocycles. The van der Waals surface area contributed by atoms with Gasteiger partial charge in [-0.3, -0.25) is 0 Å². The molecule has 1 heterocycles. The SMILES string of the molecule is C=C/C(=C\C=C/C)c1nc(NC)c2cc(-c3cccc(OC)c3OC)ccc2n1. The number of rotatable bonds is 7. The molecule has 0 saturated heterocycles. The second-order valence-electron chi connectivity index (χ2n) is 6.27. The molecule has 0 saturated carbocycles. The van der Waals surface area contributed by atoms with Crippen molar-refractivity contribution in [2.45, 2.75) is 6.92 Å². The molecule has 0 unspecified atom stereocenters. The number of benzene rings is 2. The number of ether oxygens (including phenoxy) is 2. The predicted octanol–water partition coefficient (Wildman–Crippen LogP) is 5.50. The minimum Gasteiger partial charge on any atom is -0.493 e. The highest BCUT2D eigenvalue weighted by Gasteiger charge is 2.14. The van der Waals surface area contributed by atoms with Gasteiger partial charge in [0.2, 0.25) is 0 Å². The summed E-state index contributed by atoms with van der Waals surface area (Å²) < 4.78 is 11.0. The summed E-state index contributed by atoms with van der Waals surface area (Å²) in [5, 5.41) is 4.11. The Kier molecular flexibility index (Phi) is 6.29. The summed E-state index contributed by atoms with van der Waals surface area (Å²) in [6.07, 6.45) is 7.61. The zero-order valence-corrected chi connectivity index (χ0v) is 17.2. The van der Waals surface area contributed by atoms with Gasteiger partial charge in [-0.15, -0.1) is 0 Å². The van der Waals surface area contributed by atoms with Crippen LogP contribution in [0.4, 0.5) is 5.82 Å². The molecule has 0 aliphatic rings. The molecular weight excluding hydrogens is 362 g/mol. The number of methoxy groups -OCH3 is 2. The molecule has 1 aromatic heterocycles. The lowest BCUT2D eigenvalue weighted by atomic mass is 10.0. The Morgan fingerprint density at radius 3 is 2.59 bits per heavy atom. The zero-order chi connectivity index (χ0) is 20.8. The van der Waals surface area contributed by atoms with E-state index in [0.717, 1.165) is 33.4 Å². The van der Waals surface area contributed by atoms with Crippen molar-refractivity contribution in [3.05, 3.63) is 73.1 Å². The van der Waals surface area contributed by atoms with E-state index in [1.165, 1.54) is 0 Å². The van der Waals surface area contributed by atoms with Crippen molar-refractivity contribution in [2.24, 2.45) is 0 Å². The fourth-order valence-electron chi connectivity index (χ4n) is 3.16. The van der Waals surface area contributed by atoms with Gasteiger partial charge >= 0.3 is 0 Å². The van der Waals surface area contributed by atoms with Crippen molar-refractivity contribution in [3.8, 4) is 22.6 Å². The van der Waals surface area contributed by atoms with Gasteiger partial charge in [-0.1, -0.05) is 49.1 Å². The van der Waals surface area contributed by atoms with Crippen LogP contribution >= 0.6 is 0 Å². The highest BCUT2D eigenvalue weighted by molar-refractivity contribution is 5.94. The van der Waals surface area contributed by atoms with Crippen molar-refractivity contribution in [1.82, 2.24) is 9.97 Å². The van der Waals surface area contributed by atoms with Crippen molar-refractivity contribution in [2.75, 3.05) is 26.6 Å². The van der Waals surface area contributed by atoms with Crippen LogP contribution in [0.3, 0.4) is 0 Å². The summed E-state index contributed by atoms with van der Waals surface area (Å²) in [5.41, 5.74) is 3.65. The van der Waals surface area contributed by atoms with Gasteiger partial charge in [0.1, 0.15) is 5.82 Å². The molecular formula is C24H25N3O2. The topological polar surface area (TPSA) is 56.3 Å². The first-order valence-electron chi connectivity index (χ1n) is 9.33. The largest absolute Gasteiger partial charge is 0.493 e. The number of nitrogens with zero attached hydrogens (tertiary/aromatic N) is 2. The number of hydrogen-bond donors (Lipinski definition) is 1. The lowest BCUT2D eigenvalue weighted by Gasteiger charge is -2.14. The van der Waals surface area contributed by atoms with E-state index in [1.807, 2.05) is 62.5 Å². The first kappa shape index (κ1) is 20.1. The van der Waals surface area contributed by atoms with Gasteiger partial charge < -0.3 is 14.8 Å². The Hall–Kier alpha value is -3.60. The van der Waals surface area contributed by atoms with Crippen LogP contribution in [0.25, 0.3) is 27.6 Å². The molecule has 5 heteroatoms. The lowest BCUT2D eigenvalue weighted by Crippen LogP contribution is -2.01. The second-order valence-corrected chi connectivity index (χ2v) is 6.27. The normalized spacial score (nSPS) is 11.7. The predicted molar refractivity (Wildman–Crippen MR) is 121 cm³/mol. The summed E-state index contributed by atoms with van der Waals surface area (Å²) in [6.45, 7) is 5.85. The van der Waals surface area contributed by atoms with Crippen molar-refractivity contribution >= 4 is 22.3 Å². The molecule has 148 valence electrons. The first-order chi connectivity index (χ1) is 14.2. The van der Waals surface area contributed by atoms with E-state index in [1.54, 1.807) is 20.3 Å². The fourth-order valence-corrected chi connectivity index (χ4v) is 3.16. The van der Waals surface area contributed by atoms with Crippen LogP contribution in [0.2, 0.25) is 0 Å². The number of fused-ring (bicyclic) bond motifs is 1. The lowest BCUT2D eigenvalue weighted by molar-refractivity contribution is 0.356. The third kappa shape index (κ3) is 3.99. The Labute approximate surface area is 171 Å². The summed E-state index contributed by atoms with van der Waals surface area (Å²) in [7, 11) is 5.13.